The number of aliphatic hydroxyl groups excluding tert-OH is 1. The number of aliphatic hydroxyl groups is 1. The highest BCUT2D eigenvalue weighted by Gasteiger charge is 2.18. The van der Waals surface area contributed by atoms with Crippen LogP contribution in [-0.4, -0.2) is 34.4 Å². The maximum absolute atomic E-state index is 11.6. The van der Waals surface area contributed by atoms with E-state index in [1.54, 1.807) is 11.8 Å². The van der Waals surface area contributed by atoms with E-state index in [-0.39, 0.29) is 24.4 Å². The molecule has 1 atom stereocenters. The topological polar surface area (TPSA) is 40.5 Å². The maximum atomic E-state index is 11.6. The van der Waals surface area contributed by atoms with Crippen LogP contribution in [-0.2, 0) is 11.3 Å². The van der Waals surface area contributed by atoms with E-state index in [4.69, 9.17) is 16.7 Å². The second-order valence-electron chi connectivity index (χ2n) is 3.67. The number of hydrogen-bond acceptors (Lipinski definition) is 2. The second kappa shape index (κ2) is 6.51. The molecule has 0 saturated heterocycles. The van der Waals surface area contributed by atoms with Crippen molar-refractivity contribution in [2.75, 3.05) is 12.5 Å². The Morgan fingerprint density at radius 2 is 2.06 bits per heavy atom. The fraction of sp³-hybridized carbons (Fsp3) is 0.417. The Morgan fingerprint density at radius 1 is 1.44 bits per heavy atom. The molecule has 4 heteroatoms. The van der Waals surface area contributed by atoms with Crippen LogP contribution in [0.3, 0.4) is 0 Å². The second-order valence-corrected chi connectivity index (χ2v) is 3.94. The van der Waals surface area contributed by atoms with Gasteiger partial charge >= 0.3 is 0 Å². The highest BCUT2D eigenvalue weighted by molar-refractivity contribution is 6.27. The molecule has 1 N–H and O–H groups in total. The lowest BCUT2D eigenvalue weighted by Crippen LogP contribution is -2.40. The molecular formula is C12H16ClNO2. The van der Waals surface area contributed by atoms with Crippen molar-refractivity contribution in [1.82, 2.24) is 4.90 Å². The molecule has 0 aliphatic carbocycles. The van der Waals surface area contributed by atoms with E-state index in [0.29, 0.717) is 6.54 Å². The van der Waals surface area contributed by atoms with E-state index in [1.165, 1.54) is 0 Å². The molecule has 0 radical (unpaired) electrons. The standard InChI is InChI=1S/C12H16ClNO2/c1-10(9-15)14(12(16)7-13)8-11-5-3-2-4-6-11/h2-6,10,15H,7-9H2,1H3. The Labute approximate surface area is 101 Å². The molecule has 1 aromatic carbocycles. The summed E-state index contributed by atoms with van der Waals surface area (Å²) in [6.45, 7) is 2.22. The van der Waals surface area contributed by atoms with Crippen molar-refractivity contribution in [3.8, 4) is 0 Å². The summed E-state index contributed by atoms with van der Waals surface area (Å²) in [4.78, 5) is 13.2. The van der Waals surface area contributed by atoms with Gasteiger partial charge in [0.25, 0.3) is 0 Å². The predicted octanol–water partition coefficient (Wildman–Crippen LogP) is 1.63. The minimum absolute atomic E-state index is 0.0584. The monoisotopic (exact) mass is 241 g/mol. The van der Waals surface area contributed by atoms with Crippen LogP contribution in [0.5, 0.6) is 0 Å². The number of amides is 1. The molecule has 16 heavy (non-hydrogen) atoms. The van der Waals surface area contributed by atoms with Crippen molar-refractivity contribution in [1.29, 1.82) is 0 Å². The molecule has 0 aliphatic rings. The highest BCUT2D eigenvalue weighted by Crippen LogP contribution is 2.09. The minimum atomic E-state index is -0.216. The van der Waals surface area contributed by atoms with Crippen molar-refractivity contribution in [3.05, 3.63) is 35.9 Å². The molecule has 0 heterocycles. The summed E-state index contributed by atoms with van der Waals surface area (Å²) >= 11 is 5.54. The Morgan fingerprint density at radius 3 is 2.56 bits per heavy atom. The summed E-state index contributed by atoms with van der Waals surface area (Å²) in [6, 6.07) is 9.43. The van der Waals surface area contributed by atoms with Crippen LogP contribution in [0.2, 0.25) is 0 Å². The van der Waals surface area contributed by atoms with Gasteiger partial charge in [0.1, 0.15) is 5.88 Å². The molecule has 0 fully saturated rings. The number of benzene rings is 1. The molecule has 0 aliphatic heterocycles. The molecule has 1 amide bonds. The number of carbonyl (C=O) groups excluding carboxylic acids is 1. The predicted molar refractivity (Wildman–Crippen MR) is 64.3 cm³/mol. The van der Waals surface area contributed by atoms with Gasteiger partial charge in [-0.2, -0.15) is 0 Å². The lowest BCUT2D eigenvalue weighted by molar-refractivity contribution is -0.132. The zero-order chi connectivity index (χ0) is 12.0. The molecule has 1 unspecified atom stereocenters. The average molecular weight is 242 g/mol. The third-order valence-corrected chi connectivity index (χ3v) is 2.66. The van der Waals surface area contributed by atoms with Crippen LogP contribution in [0.1, 0.15) is 12.5 Å². The van der Waals surface area contributed by atoms with Gasteiger partial charge in [0.2, 0.25) is 5.91 Å². The number of hydrogen-bond donors (Lipinski definition) is 1. The van der Waals surface area contributed by atoms with Crippen molar-refractivity contribution >= 4 is 17.5 Å². The number of nitrogens with zero attached hydrogens (tertiary/aromatic N) is 1. The zero-order valence-corrected chi connectivity index (χ0v) is 10.0. The fourth-order valence-electron chi connectivity index (χ4n) is 1.45. The smallest absolute Gasteiger partial charge is 0.238 e. The SMILES string of the molecule is CC(CO)N(Cc1ccccc1)C(=O)CCl. The molecule has 0 saturated carbocycles. The lowest BCUT2D eigenvalue weighted by Gasteiger charge is -2.27. The van der Waals surface area contributed by atoms with Gasteiger partial charge in [0, 0.05) is 6.54 Å². The molecule has 1 rings (SSSR count). The average Bonchev–Trinajstić information content (AvgIpc) is 2.35. The van der Waals surface area contributed by atoms with Crippen LogP contribution in [0.25, 0.3) is 0 Å². The summed E-state index contributed by atoms with van der Waals surface area (Å²) in [6.07, 6.45) is 0. The normalized spacial score (nSPS) is 12.2. The first-order chi connectivity index (χ1) is 7.69. The van der Waals surface area contributed by atoms with Gasteiger partial charge in [-0.3, -0.25) is 4.79 Å². The van der Waals surface area contributed by atoms with E-state index >= 15 is 0 Å². The Balaban J connectivity index is 2.75. The van der Waals surface area contributed by atoms with Crippen molar-refractivity contribution in [2.24, 2.45) is 0 Å². The van der Waals surface area contributed by atoms with E-state index in [1.807, 2.05) is 30.3 Å². The Bertz CT molecular complexity index is 329. The van der Waals surface area contributed by atoms with Crippen LogP contribution < -0.4 is 0 Å². The van der Waals surface area contributed by atoms with Gasteiger partial charge < -0.3 is 10.0 Å². The summed E-state index contributed by atoms with van der Waals surface area (Å²) in [7, 11) is 0. The molecule has 0 spiro atoms. The molecular weight excluding hydrogens is 226 g/mol. The number of carbonyl (C=O) groups is 1. The van der Waals surface area contributed by atoms with E-state index in [0.717, 1.165) is 5.56 Å². The first-order valence-electron chi connectivity index (χ1n) is 5.19. The molecule has 0 bridgehead atoms. The molecule has 88 valence electrons. The molecule has 0 aromatic heterocycles. The lowest BCUT2D eigenvalue weighted by atomic mass is 10.2. The van der Waals surface area contributed by atoms with Gasteiger partial charge in [-0.25, -0.2) is 0 Å². The van der Waals surface area contributed by atoms with Gasteiger partial charge in [0.05, 0.1) is 12.6 Å². The van der Waals surface area contributed by atoms with Crippen LogP contribution in [0.4, 0.5) is 0 Å². The largest absolute Gasteiger partial charge is 0.394 e. The van der Waals surface area contributed by atoms with Crippen LogP contribution in [0, 0.1) is 0 Å². The first kappa shape index (κ1) is 13.0. The number of alkyl halides is 1. The van der Waals surface area contributed by atoms with Crippen LogP contribution >= 0.6 is 11.6 Å². The van der Waals surface area contributed by atoms with Gasteiger partial charge in [0.15, 0.2) is 0 Å². The summed E-state index contributed by atoms with van der Waals surface area (Å²) in [5.74, 6) is -0.218. The van der Waals surface area contributed by atoms with E-state index < -0.39 is 0 Å². The van der Waals surface area contributed by atoms with E-state index in [9.17, 15) is 4.79 Å². The maximum Gasteiger partial charge on any atom is 0.238 e. The third kappa shape index (κ3) is 3.51. The third-order valence-electron chi connectivity index (χ3n) is 2.43. The summed E-state index contributed by atoms with van der Waals surface area (Å²) < 4.78 is 0. The Hall–Kier alpha value is -1.06. The summed E-state index contributed by atoms with van der Waals surface area (Å²) in [5, 5.41) is 9.09. The minimum Gasteiger partial charge on any atom is -0.394 e. The van der Waals surface area contributed by atoms with Gasteiger partial charge in [-0.1, -0.05) is 30.3 Å². The van der Waals surface area contributed by atoms with Gasteiger partial charge in [-0.15, -0.1) is 11.6 Å². The first-order valence-corrected chi connectivity index (χ1v) is 5.72. The van der Waals surface area contributed by atoms with E-state index in [2.05, 4.69) is 0 Å². The number of halogens is 1. The quantitative estimate of drug-likeness (QED) is 0.797. The van der Waals surface area contributed by atoms with Crippen molar-refractivity contribution < 1.29 is 9.90 Å². The van der Waals surface area contributed by atoms with Crippen LogP contribution in [0.15, 0.2) is 30.3 Å². The number of rotatable bonds is 5. The fourth-order valence-corrected chi connectivity index (χ4v) is 1.60. The highest BCUT2D eigenvalue weighted by atomic mass is 35.5. The molecule has 1 aromatic rings. The van der Waals surface area contributed by atoms with Crippen molar-refractivity contribution in [3.63, 3.8) is 0 Å². The van der Waals surface area contributed by atoms with Crippen molar-refractivity contribution in [2.45, 2.75) is 19.5 Å². The Kier molecular flexibility index (Phi) is 5.29. The summed E-state index contributed by atoms with van der Waals surface area (Å²) in [5.41, 5.74) is 1.03. The zero-order valence-electron chi connectivity index (χ0n) is 9.27. The molecule has 3 nitrogen and oxygen atoms in total. The van der Waals surface area contributed by atoms with Gasteiger partial charge in [-0.05, 0) is 12.5 Å².